The Bertz CT molecular complexity index is 723. The van der Waals surface area contributed by atoms with E-state index in [-0.39, 0.29) is 12.1 Å². The first-order chi connectivity index (χ1) is 12.5. The molecule has 1 saturated heterocycles. The van der Waals surface area contributed by atoms with Crippen molar-refractivity contribution < 1.29 is 9.47 Å². The van der Waals surface area contributed by atoms with E-state index in [2.05, 4.69) is 4.90 Å². The molecule has 6 heteroatoms. The third kappa shape index (κ3) is 3.49. The van der Waals surface area contributed by atoms with Crippen LogP contribution in [0.15, 0.2) is 47.5 Å². The molecule has 4 N–H and O–H groups in total. The lowest BCUT2D eigenvalue weighted by Crippen LogP contribution is -2.62. The zero-order chi connectivity index (χ0) is 18.1. The predicted octanol–water partition coefficient (Wildman–Crippen LogP) is 2.26. The second-order valence-corrected chi connectivity index (χ2v) is 7.94. The van der Waals surface area contributed by atoms with Gasteiger partial charge in [-0.3, -0.25) is 4.90 Å². The van der Waals surface area contributed by atoms with E-state index in [0.717, 1.165) is 44.0 Å². The van der Waals surface area contributed by atoms with Gasteiger partial charge in [0.1, 0.15) is 12.7 Å². The van der Waals surface area contributed by atoms with Gasteiger partial charge in [-0.25, -0.2) is 0 Å². The second kappa shape index (κ2) is 7.24. The molecule has 0 aromatic heterocycles. The van der Waals surface area contributed by atoms with Gasteiger partial charge < -0.3 is 20.9 Å². The minimum absolute atomic E-state index is 0.0299. The van der Waals surface area contributed by atoms with Gasteiger partial charge in [-0.1, -0.05) is 29.8 Å². The SMILES string of the molecule is NC1C=C(Cl)C=CC1(N)[C@H]1CCCN(C[C@H]2COc3ccccc3O2)C1. The minimum atomic E-state index is -0.548. The molecule has 1 aromatic carbocycles. The topological polar surface area (TPSA) is 73.7 Å². The highest BCUT2D eigenvalue weighted by Gasteiger charge is 2.41. The van der Waals surface area contributed by atoms with E-state index < -0.39 is 5.54 Å². The summed E-state index contributed by atoms with van der Waals surface area (Å²) in [5.41, 5.74) is 12.5. The molecule has 0 spiro atoms. The van der Waals surface area contributed by atoms with Gasteiger partial charge in [0.05, 0.1) is 5.54 Å². The van der Waals surface area contributed by atoms with Gasteiger partial charge >= 0.3 is 0 Å². The molecular formula is C20H26ClN3O2. The normalized spacial score (nSPS) is 34.4. The third-order valence-corrected chi connectivity index (χ3v) is 5.94. The average Bonchev–Trinajstić information content (AvgIpc) is 2.65. The molecule has 2 heterocycles. The predicted molar refractivity (Wildman–Crippen MR) is 103 cm³/mol. The number of fused-ring (bicyclic) bond motifs is 1. The molecule has 0 saturated carbocycles. The number of allylic oxidation sites excluding steroid dienone is 2. The summed E-state index contributed by atoms with van der Waals surface area (Å²) in [6.07, 6.45) is 7.92. The largest absolute Gasteiger partial charge is 0.486 e. The summed E-state index contributed by atoms with van der Waals surface area (Å²) in [5, 5.41) is 0.665. The van der Waals surface area contributed by atoms with Crippen molar-refractivity contribution in [2.45, 2.75) is 30.5 Å². The molecule has 4 atom stereocenters. The van der Waals surface area contributed by atoms with E-state index in [0.29, 0.717) is 17.6 Å². The summed E-state index contributed by atoms with van der Waals surface area (Å²) < 4.78 is 12.0. The monoisotopic (exact) mass is 375 g/mol. The van der Waals surface area contributed by atoms with Gasteiger partial charge in [0, 0.05) is 24.2 Å². The van der Waals surface area contributed by atoms with Gasteiger partial charge in [0.25, 0.3) is 0 Å². The van der Waals surface area contributed by atoms with E-state index in [1.807, 2.05) is 42.5 Å². The highest BCUT2D eigenvalue weighted by atomic mass is 35.5. The number of hydrogen-bond acceptors (Lipinski definition) is 5. The Kier molecular flexibility index (Phi) is 4.97. The summed E-state index contributed by atoms with van der Waals surface area (Å²) in [4.78, 5) is 2.42. The van der Waals surface area contributed by atoms with E-state index in [4.69, 9.17) is 32.5 Å². The van der Waals surface area contributed by atoms with Crippen LogP contribution in [0.4, 0.5) is 0 Å². The number of ether oxygens (including phenoxy) is 2. The number of benzene rings is 1. The number of likely N-dealkylation sites (tertiary alicyclic amines) is 1. The van der Waals surface area contributed by atoms with Crippen LogP contribution in [0.25, 0.3) is 0 Å². The van der Waals surface area contributed by atoms with Crippen LogP contribution >= 0.6 is 11.6 Å². The molecule has 1 fully saturated rings. The van der Waals surface area contributed by atoms with Crippen LogP contribution in [0.2, 0.25) is 0 Å². The highest BCUT2D eigenvalue weighted by molar-refractivity contribution is 6.31. The lowest BCUT2D eigenvalue weighted by atomic mass is 9.73. The van der Waals surface area contributed by atoms with Crippen LogP contribution in [0.3, 0.4) is 0 Å². The van der Waals surface area contributed by atoms with Gasteiger partial charge in [-0.2, -0.15) is 0 Å². The van der Waals surface area contributed by atoms with Crippen LogP contribution in [0, 0.1) is 5.92 Å². The number of nitrogens with zero attached hydrogens (tertiary/aromatic N) is 1. The van der Waals surface area contributed by atoms with Crippen LogP contribution in [0.1, 0.15) is 12.8 Å². The average molecular weight is 376 g/mol. The quantitative estimate of drug-likeness (QED) is 0.847. The maximum absolute atomic E-state index is 6.70. The highest BCUT2D eigenvalue weighted by Crippen LogP contribution is 2.34. The van der Waals surface area contributed by atoms with Crippen molar-refractivity contribution in [3.63, 3.8) is 0 Å². The van der Waals surface area contributed by atoms with E-state index in [9.17, 15) is 0 Å². The molecule has 0 radical (unpaired) electrons. The van der Waals surface area contributed by atoms with Crippen LogP contribution in [0.5, 0.6) is 11.5 Å². The Morgan fingerprint density at radius 2 is 2.08 bits per heavy atom. The lowest BCUT2D eigenvalue weighted by Gasteiger charge is -2.45. The first-order valence-electron chi connectivity index (χ1n) is 9.26. The summed E-state index contributed by atoms with van der Waals surface area (Å²) in [5.74, 6) is 1.94. The first-order valence-corrected chi connectivity index (χ1v) is 9.64. The fourth-order valence-electron chi connectivity index (χ4n) is 4.19. The van der Waals surface area contributed by atoms with Crippen LogP contribution < -0.4 is 20.9 Å². The van der Waals surface area contributed by atoms with Gasteiger partial charge in [-0.15, -0.1) is 0 Å². The number of rotatable bonds is 3. The zero-order valence-electron chi connectivity index (χ0n) is 14.8. The zero-order valence-corrected chi connectivity index (χ0v) is 15.6. The molecule has 1 aliphatic carbocycles. The Morgan fingerprint density at radius 3 is 2.88 bits per heavy atom. The van der Waals surface area contributed by atoms with Crippen molar-refractivity contribution in [2.24, 2.45) is 17.4 Å². The Morgan fingerprint density at radius 1 is 1.27 bits per heavy atom. The maximum atomic E-state index is 6.70. The summed E-state index contributed by atoms with van der Waals surface area (Å²) in [6.45, 7) is 3.35. The van der Waals surface area contributed by atoms with Crippen molar-refractivity contribution in [3.05, 3.63) is 47.5 Å². The van der Waals surface area contributed by atoms with Crippen molar-refractivity contribution in [1.82, 2.24) is 4.90 Å². The molecule has 2 unspecified atom stereocenters. The maximum Gasteiger partial charge on any atom is 0.161 e. The van der Waals surface area contributed by atoms with Gasteiger partial charge in [-0.05, 0) is 49.6 Å². The molecule has 140 valence electrons. The molecule has 2 aliphatic heterocycles. The molecule has 1 aromatic rings. The lowest BCUT2D eigenvalue weighted by molar-refractivity contribution is 0.0375. The second-order valence-electron chi connectivity index (χ2n) is 7.51. The molecule has 0 amide bonds. The van der Waals surface area contributed by atoms with E-state index in [1.165, 1.54) is 0 Å². The Labute approximate surface area is 159 Å². The van der Waals surface area contributed by atoms with Crippen LogP contribution in [-0.2, 0) is 0 Å². The minimum Gasteiger partial charge on any atom is -0.486 e. The summed E-state index contributed by atoms with van der Waals surface area (Å²) in [7, 11) is 0. The standard InChI is InChI=1S/C20H26ClN3O2/c21-15-7-8-20(23,19(22)10-15)14-4-3-9-24(11-14)12-16-13-25-17-5-1-2-6-18(17)26-16/h1-2,5-8,10,14,16,19H,3-4,9,11-13,22-23H2/t14-,16-,19?,20?/m0/s1. The van der Waals surface area contributed by atoms with Gasteiger partial charge in [0.2, 0.25) is 0 Å². The molecule has 0 bridgehead atoms. The number of para-hydroxylation sites is 2. The third-order valence-electron chi connectivity index (χ3n) is 5.69. The Hall–Kier alpha value is -1.53. The van der Waals surface area contributed by atoms with Crippen LogP contribution in [-0.4, -0.2) is 48.8 Å². The number of halogens is 1. The summed E-state index contributed by atoms with van der Waals surface area (Å²) >= 11 is 6.07. The summed E-state index contributed by atoms with van der Waals surface area (Å²) in [6, 6.07) is 7.56. The molecule has 4 rings (SSSR count). The van der Waals surface area contributed by atoms with Crippen molar-refractivity contribution in [3.8, 4) is 11.5 Å². The van der Waals surface area contributed by atoms with Crippen molar-refractivity contribution in [1.29, 1.82) is 0 Å². The molecule has 5 nitrogen and oxygen atoms in total. The van der Waals surface area contributed by atoms with E-state index in [1.54, 1.807) is 0 Å². The Balaban J connectivity index is 1.40. The van der Waals surface area contributed by atoms with Gasteiger partial charge in [0.15, 0.2) is 11.5 Å². The smallest absolute Gasteiger partial charge is 0.161 e. The fourth-order valence-corrected chi connectivity index (χ4v) is 4.38. The number of hydrogen-bond donors (Lipinski definition) is 2. The first kappa shape index (κ1) is 17.9. The fraction of sp³-hybridized carbons (Fsp3) is 0.500. The molecular weight excluding hydrogens is 350 g/mol. The number of nitrogens with two attached hydrogens (primary N) is 2. The van der Waals surface area contributed by atoms with E-state index >= 15 is 0 Å². The van der Waals surface area contributed by atoms with Crippen molar-refractivity contribution in [2.75, 3.05) is 26.2 Å². The molecule has 26 heavy (non-hydrogen) atoms. The van der Waals surface area contributed by atoms with Crippen molar-refractivity contribution >= 4 is 11.6 Å². The number of piperidine rings is 1. The molecule has 3 aliphatic rings.